The van der Waals surface area contributed by atoms with Gasteiger partial charge in [-0.15, -0.1) is 0 Å². The van der Waals surface area contributed by atoms with Crippen molar-refractivity contribution in [2.45, 2.75) is 69.6 Å². The lowest BCUT2D eigenvalue weighted by Gasteiger charge is -2.48. The Labute approximate surface area is 228 Å². The van der Waals surface area contributed by atoms with Crippen LogP contribution in [0.25, 0.3) is 0 Å². The number of amides is 1. The number of carbonyl (C=O) groups is 2. The van der Waals surface area contributed by atoms with Crippen LogP contribution in [0.1, 0.15) is 63.8 Å². The molecule has 2 aromatic rings. The van der Waals surface area contributed by atoms with Crippen molar-refractivity contribution in [3.8, 4) is 0 Å². The molecule has 202 valence electrons. The summed E-state index contributed by atoms with van der Waals surface area (Å²) in [7, 11) is -2.36. The van der Waals surface area contributed by atoms with Crippen molar-refractivity contribution in [3.05, 3.63) is 69.7 Å². The summed E-state index contributed by atoms with van der Waals surface area (Å²) in [5.74, 6) is -1.32. The van der Waals surface area contributed by atoms with E-state index in [-0.39, 0.29) is 12.2 Å². The highest BCUT2D eigenvalue weighted by Gasteiger charge is 2.48. The molecule has 10 heteroatoms. The van der Waals surface area contributed by atoms with Gasteiger partial charge in [-0.05, 0) is 62.6 Å². The number of sulfone groups is 1. The van der Waals surface area contributed by atoms with E-state index in [1.807, 2.05) is 13.0 Å². The summed E-state index contributed by atoms with van der Waals surface area (Å²) in [5.41, 5.74) is 1.40. The van der Waals surface area contributed by atoms with Crippen molar-refractivity contribution < 1.29 is 27.5 Å². The molecule has 1 aliphatic heterocycles. The number of ether oxygens (including phenoxy) is 2. The zero-order chi connectivity index (χ0) is 27.5. The maximum absolute atomic E-state index is 14.0. The minimum Gasteiger partial charge on any atom is -0.469 e. The molecule has 0 saturated carbocycles. The Morgan fingerprint density at radius 2 is 1.73 bits per heavy atom. The predicted molar refractivity (Wildman–Crippen MR) is 144 cm³/mol. The summed E-state index contributed by atoms with van der Waals surface area (Å²) >= 11 is 12.5. The smallest absolute Gasteiger partial charge is 0.308 e. The first kappa shape index (κ1) is 29.4. The van der Waals surface area contributed by atoms with Gasteiger partial charge in [0.15, 0.2) is 9.84 Å². The first-order valence-electron chi connectivity index (χ1n) is 12.1. The number of esters is 1. The molecule has 37 heavy (non-hydrogen) atoms. The largest absolute Gasteiger partial charge is 0.469 e. The maximum atomic E-state index is 14.0. The molecular weight excluding hydrogens is 537 g/mol. The van der Waals surface area contributed by atoms with Gasteiger partial charge in [-0.2, -0.15) is 0 Å². The quantitative estimate of drug-likeness (QED) is 0.386. The van der Waals surface area contributed by atoms with Crippen LogP contribution in [0.5, 0.6) is 0 Å². The highest BCUT2D eigenvalue weighted by atomic mass is 35.5. The molecule has 0 radical (unpaired) electrons. The molecule has 1 heterocycles. The van der Waals surface area contributed by atoms with Crippen molar-refractivity contribution in [2.75, 3.05) is 12.9 Å². The van der Waals surface area contributed by atoms with Crippen LogP contribution in [0.3, 0.4) is 0 Å². The van der Waals surface area contributed by atoms with Gasteiger partial charge in [-0.3, -0.25) is 9.59 Å². The first-order valence-corrected chi connectivity index (χ1v) is 14.5. The molecular formula is C27H33Cl2NO6S. The van der Waals surface area contributed by atoms with Crippen LogP contribution in [0, 0.1) is 0 Å². The monoisotopic (exact) mass is 569 g/mol. The Morgan fingerprint density at radius 3 is 2.27 bits per heavy atom. The zero-order valence-corrected chi connectivity index (χ0v) is 23.9. The topological polar surface area (TPSA) is 90.0 Å². The Bertz CT molecular complexity index is 1230. The fraction of sp³-hybridized carbons (Fsp3) is 0.481. The summed E-state index contributed by atoms with van der Waals surface area (Å²) in [6.45, 7) is 6.76. The molecule has 0 bridgehead atoms. The van der Waals surface area contributed by atoms with Crippen molar-refractivity contribution in [2.24, 2.45) is 0 Å². The minimum atomic E-state index is -3.60. The lowest BCUT2D eigenvalue weighted by Crippen LogP contribution is -2.57. The number of carbonyl (C=O) groups excluding carboxylic acids is 2. The Morgan fingerprint density at radius 1 is 1.08 bits per heavy atom. The van der Waals surface area contributed by atoms with Crippen LogP contribution in [0.4, 0.5) is 0 Å². The lowest BCUT2D eigenvalue weighted by molar-refractivity contribution is -0.183. The second-order valence-electron chi connectivity index (χ2n) is 10.1. The first-order chi connectivity index (χ1) is 17.3. The molecule has 0 spiro atoms. The molecule has 4 atom stereocenters. The number of hydrogen-bond acceptors (Lipinski definition) is 6. The number of morpholine rings is 1. The summed E-state index contributed by atoms with van der Waals surface area (Å²) in [6, 6.07) is 12.7. The van der Waals surface area contributed by atoms with Crippen LogP contribution >= 0.6 is 23.2 Å². The second kappa shape index (κ2) is 11.7. The molecule has 0 aromatic heterocycles. The van der Waals surface area contributed by atoms with Crippen LogP contribution in [-0.2, 0) is 28.9 Å². The third-order valence-corrected chi connectivity index (χ3v) is 9.78. The lowest BCUT2D eigenvalue weighted by atomic mass is 9.89. The minimum absolute atomic E-state index is 0.240. The molecule has 1 amide bonds. The number of halogens is 2. The summed E-state index contributed by atoms with van der Waals surface area (Å²) < 4.78 is 36.7. The Hall–Kier alpha value is -2.13. The Kier molecular flexibility index (Phi) is 9.32. The highest BCUT2D eigenvalue weighted by Crippen LogP contribution is 2.45. The van der Waals surface area contributed by atoms with E-state index >= 15 is 0 Å². The van der Waals surface area contributed by atoms with E-state index in [4.69, 9.17) is 32.7 Å². The van der Waals surface area contributed by atoms with Crippen LogP contribution in [-0.4, -0.2) is 54.9 Å². The molecule has 7 nitrogen and oxygen atoms in total. The van der Waals surface area contributed by atoms with Gasteiger partial charge in [-0.1, -0.05) is 54.4 Å². The van der Waals surface area contributed by atoms with Gasteiger partial charge in [0, 0.05) is 16.1 Å². The van der Waals surface area contributed by atoms with E-state index in [1.165, 1.54) is 7.11 Å². The Balaban J connectivity index is 2.21. The molecule has 3 rings (SSSR count). The summed E-state index contributed by atoms with van der Waals surface area (Å²) in [6.07, 6.45) is -1.83. The van der Waals surface area contributed by atoms with Gasteiger partial charge >= 0.3 is 5.97 Å². The number of benzene rings is 2. The van der Waals surface area contributed by atoms with Gasteiger partial charge in [0.25, 0.3) is 5.91 Å². The third-order valence-electron chi connectivity index (χ3n) is 6.61. The van der Waals surface area contributed by atoms with E-state index < -0.39 is 50.8 Å². The molecule has 1 fully saturated rings. The van der Waals surface area contributed by atoms with Gasteiger partial charge in [0.2, 0.25) is 0 Å². The molecule has 0 aliphatic carbocycles. The van der Waals surface area contributed by atoms with E-state index in [0.717, 1.165) is 0 Å². The van der Waals surface area contributed by atoms with Gasteiger partial charge < -0.3 is 14.4 Å². The average Bonchev–Trinajstić information content (AvgIpc) is 2.83. The average molecular weight is 571 g/mol. The molecule has 1 unspecified atom stereocenters. The van der Waals surface area contributed by atoms with Gasteiger partial charge in [0.1, 0.15) is 12.2 Å². The molecule has 0 N–H and O–H groups in total. The number of nitrogens with zero attached hydrogens (tertiary/aromatic N) is 1. The highest BCUT2D eigenvalue weighted by molar-refractivity contribution is 7.92. The van der Waals surface area contributed by atoms with E-state index in [0.29, 0.717) is 27.6 Å². The van der Waals surface area contributed by atoms with Crippen LogP contribution in [0.2, 0.25) is 10.0 Å². The summed E-state index contributed by atoms with van der Waals surface area (Å²) in [5, 5.41) is 0.995. The van der Waals surface area contributed by atoms with Crippen LogP contribution < -0.4 is 0 Å². The fourth-order valence-corrected chi connectivity index (χ4v) is 6.10. The maximum Gasteiger partial charge on any atom is 0.308 e. The molecule has 1 aliphatic rings. The van der Waals surface area contributed by atoms with E-state index in [9.17, 15) is 18.0 Å². The second-order valence-corrected chi connectivity index (χ2v) is 13.7. The number of hydrogen-bond donors (Lipinski definition) is 0. The van der Waals surface area contributed by atoms with E-state index in [1.54, 1.807) is 68.1 Å². The standard InChI is InChI=1S/C27H33Cl2NO6S/c1-6-21(16-37(33,34)27(2,3)4)30-24(17-10-12-19(28)13-11-17)25(18-8-7-9-20(29)14-18)36-22(26(30)32)15-23(31)35-5/h7-14,21-22,24-25H,6,15-16H2,1-5H3/t21?,22-,24+,25+/m0/s1. The van der Waals surface area contributed by atoms with Gasteiger partial charge in [0.05, 0.1) is 30.1 Å². The van der Waals surface area contributed by atoms with Crippen molar-refractivity contribution >= 4 is 44.9 Å². The number of rotatable bonds is 8. The third kappa shape index (κ3) is 6.66. The number of methoxy groups -OCH3 is 1. The van der Waals surface area contributed by atoms with Crippen molar-refractivity contribution in [1.29, 1.82) is 0 Å². The van der Waals surface area contributed by atoms with Crippen LogP contribution in [0.15, 0.2) is 48.5 Å². The normalized spacial score (nSPS) is 21.5. The zero-order valence-electron chi connectivity index (χ0n) is 21.6. The summed E-state index contributed by atoms with van der Waals surface area (Å²) in [4.78, 5) is 27.7. The van der Waals surface area contributed by atoms with Gasteiger partial charge in [-0.25, -0.2) is 8.42 Å². The SMILES string of the molecule is CCC(CS(=O)(=O)C(C)(C)C)N1C(=O)[C@H](CC(=O)OC)O[C@H](c2cccc(Cl)c2)[C@H]1c1ccc(Cl)cc1. The predicted octanol–water partition coefficient (Wildman–Crippen LogP) is 5.56. The van der Waals surface area contributed by atoms with Crippen molar-refractivity contribution in [1.82, 2.24) is 4.90 Å². The van der Waals surface area contributed by atoms with Crippen molar-refractivity contribution in [3.63, 3.8) is 0 Å². The molecule has 1 saturated heterocycles. The molecule has 2 aromatic carbocycles. The fourth-order valence-electron chi connectivity index (χ4n) is 4.37. The van der Waals surface area contributed by atoms with E-state index in [2.05, 4.69) is 0 Å².